The third kappa shape index (κ3) is 3.37. The van der Waals surface area contributed by atoms with Gasteiger partial charge in [0.05, 0.1) is 6.54 Å². The van der Waals surface area contributed by atoms with Crippen molar-refractivity contribution in [3.05, 3.63) is 58.1 Å². The molecule has 114 valence electrons. The van der Waals surface area contributed by atoms with Crippen molar-refractivity contribution in [1.82, 2.24) is 0 Å². The van der Waals surface area contributed by atoms with Gasteiger partial charge in [0, 0.05) is 28.0 Å². The van der Waals surface area contributed by atoms with Crippen LogP contribution in [0.15, 0.2) is 42.5 Å². The number of carbonyl (C=O) groups excluding carboxylic acids is 1. The molecule has 0 unspecified atom stereocenters. The number of aryl methyl sites for hydroxylation is 1. The summed E-state index contributed by atoms with van der Waals surface area (Å²) in [5.41, 5.74) is 2.99. The normalized spacial score (nSPS) is 13.6. The number of hydrogen-bond donors (Lipinski definition) is 1. The first-order chi connectivity index (χ1) is 10.6. The molecule has 0 spiro atoms. The first-order valence-corrected chi connectivity index (χ1v) is 7.97. The Morgan fingerprint density at radius 2 is 1.86 bits per heavy atom. The van der Waals surface area contributed by atoms with Crippen LogP contribution in [-0.2, 0) is 11.2 Å². The fourth-order valence-corrected chi connectivity index (χ4v) is 3.25. The molecule has 1 amide bonds. The zero-order chi connectivity index (χ0) is 15.5. The lowest BCUT2D eigenvalue weighted by atomic mass is 10.0. The van der Waals surface area contributed by atoms with E-state index >= 15 is 0 Å². The summed E-state index contributed by atoms with van der Waals surface area (Å²) in [4.78, 5) is 14.3. The second kappa shape index (κ2) is 6.59. The highest BCUT2D eigenvalue weighted by Gasteiger charge is 2.21. The number of nitrogens with one attached hydrogen (secondary N) is 1. The van der Waals surface area contributed by atoms with E-state index in [0.29, 0.717) is 10.0 Å². The van der Waals surface area contributed by atoms with Gasteiger partial charge >= 0.3 is 0 Å². The van der Waals surface area contributed by atoms with Crippen molar-refractivity contribution in [2.45, 2.75) is 12.8 Å². The number of carbonyl (C=O) groups is 1. The molecule has 2 aromatic carbocycles. The van der Waals surface area contributed by atoms with Crippen molar-refractivity contribution in [3.63, 3.8) is 0 Å². The minimum Gasteiger partial charge on any atom is -0.376 e. The molecule has 0 radical (unpaired) electrons. The lowest BCUT2D eigenvalue weighted by molar-refractivity contribution is -0.117. The second-order valence-electron chi connectivity index (χ2n) is 5.29. The molecule has 0 atom stereocenters. The first kappa shape index (κ1) is 15.2. The SMILES string of the molecule is O=C(CNc1cc(Cl)cc(Cl)c1)N1CCCc2ccccc21. The van der Waals surface area contributed by atoms with E-state index in [9.17, 15) is 4.79 Å². The lowest BCUT2D eigenvalue weighted by Gasteiger charge is -2.29. The highest BCUT2D eigenvalue weighted by atomic mass is 35.5. The Morgan fingerprint density at radius 3 is 2.64 bits per heavy atom. The number of benzene rings is 2. The Balaban J connectivity index is 1.70. The second-order valence-corrected chi connectivity index (χ2v) is 6.16. The van der Waals surface area contributed by atoms with E-state index in [0.717, 1.165) is 30.8 Å². The molecule has 0 aliphatic carbocycles. The van der Waals surface area contributed by atoms with E-state index in [4.69, 9.17) is 23.2 Å². The van der Waals surface area contributed by atoms with Gasteiger partial charge in [-0.25, -0.2) is 0 Å². The van der Waals surface area contributed by atoms with Gasteiger partial charge in [-0.1, -0.05) is 41.4 Å². The van der Waals surface area contributed by atoms with Gasteiger partial charge in [0.2, 0.25) is 5.91 Å². The van der Waals surface area contributed by atoms with Gasteiger partial charge < -0.3 is 10.2 Å². The number of fused-ring (bicyclic) bond motifs is 1. The molecule has 0 saturated carbocycles. The molecular formula is C17H16Cl2N2O. The van der Waals surface area contributed by atoms with Crippen LogP contribution in [0.1, 0.15) is 12.0 Å². The maximum Gasteiger partial charge on any atom is 0.246 e. The highest BCUT2D eigenvalue weighted by molar-refractivity contribution is 6.35. The van der Waals surface area contributed by atoms with Gasteiger partial charge in [-0.15, -0.1) is 0 Å². The number of anilines is 2. The van der Waals surface area contributed by atoms with Crippen molar-refractivity contribution >= 4 is 40.5 Å². The average Bonchev–Trinajstić information content (AvgIpc) is 2.51. The van der Waals surface area contributed by atoms with Gasteiger partial charge in [0.1, 0.15) is 0 Å². The summed E-state index contributed by atoms with van der Waals surface area (Å²) < 4.78 is 0. The maximum atomic E-state index is 12.5. The molecule has 0 saturated heterocycles. The van der Waals surface area contributed by atoms with Crippen LogP contribution in [0.2, 0.25) is 10.0 Å². The summed E-state index contributed by atoms with van der Waals surface area (Å²) in [7, 11) is 0. The van der Waals surface area contributed by atoms with Gasteiger partial charge in [0.15, 0.2) is 0 Å². The van der Waals surface area contributed by atoms with E-state index in [1.54, 1.807) is 18.2 Å². The van der Waals surface area contributed by atoms with Crippen LogP contribution >= 0.6 is 23.2 Å². The fourth-order valence-electron chi connectivity index (χ4n) is 2.72. The van der Waals surface area contributed by atoms with E-state index in [-0.39, 0.29) is 12.5 Å². The molecule has 22 heavy (non-hydrogen) atoms. The van der Waals surface area contributed by atoms with E-state index in [1.807, 2.05) is 23.1 Å². The first-order valence-electron chi connectivity index (χ1n) is 7.22. The number of amides is 1. The summed E-state index contributed by atoms with van der Waals surface area (Å²) in [6, 6.07) is 13.2. The summed E-state index contributed by atoms with van der Waals surface area (Å²) in [6.07, 6.45) is 2.02. The molecule has 5 heteroatoms. The Kier molecular flexibility index (Phi) is 4.55. The molecule has 1 heterocycles. The van der Waals surface area contributed by atoms with E-state index in [2.05, 4.69) is 11.4 Å². The van der Waals surface area contributed by atoms with Gasteiger partial charge in [-0.3, -0.25) is 4.79 Å². The Labute approximate surface area is 139 Å². The number of para-hydroxylation sites is 1. The molecule has 3 nitrogen and oxygen atoms in total. The van der Waals surface area contributed by atoms with E-state index in [1.165, 1.54) is 5.56 Å². The zero-order valence-electron chi connectivity index (χ0n) is 12.0. The fraction of sp³-hybridized carbons (Fsp3) is 0.235. The number of nitrogens with zero attached hydrogens (tertiary/aromatic N) is 1. The van der Waals surface area contributed by atoms with Crippen LogP contribution in [0.4, 0.5) is 11.4 Å². The Bertz CT molecular complexity index is 683. The van der Waals surface area contributed by atoms with Crippen LogP contribution in [-0.4, -0.2) is 19.0 Å². The van der Waals surface area contributed by atoms with Gasteiger partial charge in [0.25, 0.3) is 0 Å². The number of halogens is 2. The standard InChI is InChI=1S/C17H16Cl2N2O/c18-13-8-14(19)10-15(9-13)20-11-17(22)21-7-3-5-12-4-1-2-6-16(12)21/h1-2,4,6,8-10,20H,3,5,7,11H2. The third-order valence-electron chi connectivity index (χ3n) is 3.72. The predicted molar refractivity (Wildman–Crippen MR) is 92.1 cm³/mol. The van der Waals surface area contributed by atoms with Crippen molar-refractivity contribution < 1.29 is 4.79 Å². The average molecular weight is 335 g/mol. The smallest absolute Gasteiger partial charge is 0.246 e. The molecule has 1 aliphatic rings. The van der Waals surface area contributed by atoms with Crippen LogP contribution in [0.3, 0.4) is 0 Å². The van der Waals surface area contributed by atoms with E-state index < -0.39 is 0 Å². The predicted octanol–water partition coefficient (Wildman–Crippen LogP) is 4.38. The van der Waals surface area contributed by atoms with Crippen LogP contribution in [0, 0.1) is 0 Å². The third-order valence-corrected chi connectivity index (χ3v) is 4.15. The van der Waals surface area contributed by atoms with Crippen LogP contribution < -0.4 is 10.2 Å². The zero-order valence-corrected chi connectivity index (χ0v) is 13.5. The largest absolute Gasteiger partial charge is 0.376 e. The lowest BCUT2D eigenvalue weighted by Crippen LogP contribution is -2.39. The molecule has 3 rings (SSSR count). The molecule has 0 aromatic heterocycles. The molecule has 0 fully saturated rings. The monoisotopic (exact) mass is 334 g/mol. The summed E-state index contributed by atoms with van der Waals surface area (Å²) in [5, 5.41) is 4.19. The minimum atomic E-state index is 0.0447. The summed E-state index contributed by atoms with van der Waals surface area (Å²) in [5.74, 6) is 0.0447. The van der Waals surface area contributed by atoms with Crippen molar-refractivity contribution in [2.24, 2.45) is 0 Å². The number of hydrogen-bond acceptors (Lipinski definition) is 2. The maximum absolute atomic E-state index is 12.5. The molecule has 2 aromatic rings. The number of rotatable bonds is 3. The quantitative estimate of drug-likeness (QED) is 0.902. The molecular weight excluding hydrogens is 319 g/mol. The molecule has 1 aliphatic heterocycles. The van der Waals surface area contributed by atoms with Crippen LogP contribution in [0.5, 0.6) is 0 Å². The Hall–Kier alpha value is -1.71. The summed E-state index contributed by atoms with van der Waals surface area (Å²) in [6.45, 7) is 0.971. The van der Waals surface area contributed by atoms with Crippen LogP contribution in [0.25, 0.3) is 0 Å². The van der Waals surface area contributed by atoms with Crippen molar-refractivity contribution in [3.8, 4) is 0 Å². The molecule has 0 bridgehead atoms. The summed E-state index contributed by atoms with van der Waals surface area (Å²) >= 11 is 11.9. The minimum absolute atomic E-state index is 0.0447. The van der Waals surface area contributed by atoms with Gasteiger partial charge in [-0.05, 0) is 42.7 Å². The topological polar surface area (TPSA) is 32.3 Å². The Morgan fingerprint density at radius 1 is 1.14 bits per heavy atom. The highest BCUT2D eigenvalue weighted by Crippen LogP contribution is 2.27. The van der Waals surface area contributed by atoms with Crippen molar-refractivity contribution in [2.75, 3.05) is 23.3 Å². The molecule has 1 N–H and O–H groups in total. The van der Waals surface area contributed by atoms with Crippen molar-refractivity contribution in [1.29, 1.82) is 0 Å². The van der Waals surface area contributed by atoms with Gasteiger partial charge in [-0.2, -0.15) is 0 Å².